The Labute approximate surface area is 195 Å². The monoisotopic (exact) mass is 476 g/mol. The summed E-state index contributed by atoms with van der Waals surface area (Å²) in [6.07, 6.45) is 3.26. The number of benzene rings is 3. The van der Waals surface area contributed by atoms with Gasteiger partial charge in [0.05, 0.1) is 29.3 Å². The van der Waals surface area contributed by atoms with Gasteiger partial charge in [0.1, 0.15) is 23.9 Å². The summed E-state index contributed by atoms with van der Waals surface area (Å²) in [5.74, 6) is 1.64. The Kier molecular flexibility index (Phi) is 7.85. The molecule has 0 bridgehead atoms. The number of ether oxygens (including phenoxy) is 3. The van der Waals surface area contributed by atoms with Crippen LogP contribution in [-0.2, 0) is 6.61 Å². The topological polar surface area (TPSA) is 44.8 Å². The van der Waals surface area contributed by atoms with Crippen molar-refractivity contribution in [2.24, 2.45) is 0 Å². The Morgan fingerprint density at radius 1 is 0.839 bits per heavy atom. The molecule has 3 aromatic carbocycles. The molecule has 0 aromatic heterocycles. The van der Waals surface area contributed by atoms with Crippen molar-refractivity contribution in [3.63, 3.8) is 0 Å². The second kappa shape index (κ2) is 10.6. The lowest BCUT2D eigenvalue weighted by molar-refractivity contribution is 0.104. The van der Waals surface area contributed by atoms with Crippen molar-refractivity contribution in [3.05, 3.63) is 92.4 Å². The Morgan fingerprint density at radius 2 is 1.55 bits per heavy atom. The van der Waals surface area contributed by atoms with Crippen LogP contribution in [0, 0.1) is 0 Å². The highest BCUT2D eigenvalue weighted by molar-refractivity contribution is 6.43. The highest BCUT2D eigenvalue weighted by Crippen LogP contribution is 2.34. The van der Waals surface area contributed by atoms with Crippen LogP contribution in [0.4, 0.5) is 0 Å². The average Bonchev–Trinajstić information content (AvgIpc) is 2.79. The number of carbonyl (C=O) groups is 1. The third kappa shape index (κ3) is 5.95. The van der Waals surface area contributed by atoms with Crippen LogP contribution in [0.1, 0.15) is 21.5 Å². The van der Waals surface area contributed by atoms with Crippen LogP contribution < -0.4 is 14.2 Å². The first kappa shape index (κ1) is 23.0. The minimum absolute atomic E-state index is 0.112. The van der Waals surface area contributed by atoms with Gasteiger partial charge in [-0.2, -0.15) is 0 Å². The number of carbonyl (C=O) groups excluding carboxylic acids is 1. The molecular weight excluding hydrogens is 459 g/mol. The molecule has 0 aliphatic rings. The predicted octanol–water partition coefficient (Wildman–Crippen LogP) is 7.14. The Bertz CT molecular complexity index is 1110. The highest BCUT2D eigenvalue weighted by atomic mass is 35.5. The van der Waals surface area contributed by atoms with E-state index in [0.717, 1.165) is 11.1 Å². The van der Waals surface area contributed by atoms with Gasteiger partial charge in [0.25, 0.3) is 0 Å². The van der Waals surface area contributed by atoms with Crippen molar-refractivity contribution in [1.82, 2.24) is 0 Å². The summed E-state index contributed by atoms with van der Waals surface area (Å²) in [4.78, 5) is 12.4. The molecule has 0 radical (unpaired) electrons. The standard InChI is InChI=1S/C24H19Cl3O4/c1-29-18-7-5-16(6-8-18)22(28)9-3-15-4-10-23(30-2)17(11-15)14-31-24-13-20(26)19(25)12-21(24)27/h3-13H,14H2,1-2H3/b9-3+. The number of rotatable bonds is 8. The molecule has 0 amide bonds. The van der Waals surface area contributed by atoms with E-state index in [9.17, 15) is 4.79 Å². The van der Waals surface area contributed by atoms with E-state index in [1.165, 1.54) is 12.1 Å². The second-order valence-electron chi connectivity index (χ2n) is 6.48. The van der Waals surface area contributed by atoms with E-state index >= 15 is 0 Å². The first-order chi connectivity index (χ1) is 14.9. The van der Waals surface area contributed by atoms with E-state index in [-0.39, 0.29) is 12.4 Å². The number of methoxy groups -OCH3 is 2. The fourth-order valence-electron chi connectivity index (χ4n) is 2.81. The number of halogens is 3. The van der Waals surface area contributed by atoms with Crippen molar-refractivity contribution in [2.45, 2.75) is 6.61 Å². The lowest BCUT2D eigenvalue weighted by Gasteiger charge is -2.13. The maximum absolute atomic E-state index is 12.4. The zero-order valence-corrected chi connectivity index (χ0v) is 19.1. The molecule has 0 N–H and O–H groups in total. The van der Waals surface area contributed by atoms with Gasteiger partial charge in [0.2, 0.25) is 0 Å². The lowest BCUT2D eigenvalue weighted by atomic mass is 10.1. The summed E-state index contributed by atoms with van der Waals surface area (Å²) >= 11 is 18.2. The van der Waals surface area contributed by atoms with Gasteiger partial charge in [-0.25, -0.2) is 0 Å². The summed E-state index contributed by atoms with van der Waals surface area (Å²) in [6, 6.07) is 15.6. The summed E-state index contributed by atoms with van der Waals surface area (Å²) in [7, 11) is 3.16. The van der Waals surface area contributed by atoms with Crippen molar-refractivity contribution >= 4 is 46.7 Å². The molecule has 0 unspecified atom stereocenters. The smallest absolute Gasteiger partial charge is 0.185 e. The zero-order chi connectivity index (χ0) is 22.4. The van der Waals surface area contributed by atoms with E-state index in [1.54, 1.807) is 50.6 Å². The van der Waals surface area contributed by atoms with Crippen LogP contribution in [0.3, 0.4) is 0 Å². The van der Waals surface area contributed by atoms with Crippen molar-refractivity contribution in [1.29, 1.82) is 0 Å². The molecule has 7 heteroatoms. The quantitative estimate of drug-likeness (QED) is 0.196. The van der Waals surface area contributed by atoms with Crippen LogP contribution in [0.25, 0.3) is 6.08 Å². The molecule has 0 heterocycles. The van der Waals surface area contributed by atoms with Crippen molar-refractivity contribution in [2.75, 3.05) is 14.2 Å². The molecule has 4 nitrogen and oxygen atoms in total. The molecule has 0 saturated heterocycles. The van der Waals surface area contributed by atoms with Crippen LogP contribution in [0.15, 0.2) is 60.7 Å². The number of hydrogen-bond donors (Lipinski definition) is 0. The summed E-state index contributed by atoms with van der Waals surface area (Å²) < 4.78 is 16.3. The minimum atomic E-state index is -0.112. The Balaban J connectivity index is 1.76. The van der Waals surface area contributed by atoms with Crippen LogP contribution in [0.2, 0.25) is 15.1 Å². The van der Waals surface area contributed by atoms with Crippen LogP contribution in [-0.4, -0.2) is 20.0 Å². The molecule has 0 saturated carbocycles. The lowest BCUT2D eigenvalue weighted by Crippen LogP contribution is -2.00. The fourth-order valence-corrected chi connectivity index (χ4v) is 3.40. The van der Waals surface area contributed by atoms with E-state index in [4.69, 9.17) is 49.0 Å². The molecule has 3 aromatic rings. The Hall–Kier alpha value is -2.66. The SMILES string of the molecule is COc1ccc(C(=O)/C=C/c2ccc(OC)c(COc3cc(Cl)c(Cl)cc3Cl)c2)cc1. The molecule has 3 rings (SSSR count). The molecular formula is C24H19Cl3O4. The van der Waals surface area contributed by atoms with Gasteiger partial charge in [0, 0.05) is 17.2 Å². The third-order valence-corrected chi connectivity index (χ3v) is 5.48. The van der Waals surface area contributed by atoms with Gasteiger partial charge >= 0.3 is 0 Å². The predicted molar refractivity (Wildman–Crippen MR) is 125 cm³/mol. The second-order valence-corrected chi connectivity index (χ2v) is 7.70. The van der Waals surface area contributed by atoms with Crippen molar-refractivity contribution in [3.8, 4) is 17.2 Å². The first-order valence-electron chi connectivity index (χ1n) is 9.22. The van der Waals surface area contributed by atoms with Gasteiger partial charge in [-0.1, -0.05) is 46.9 Å². The molecule has 31 heavy (non-hydrogen) atoms. The highest BCUT2D eigenvalue weighted by Gasteiger charge is 2.10. The van der Waals surface area contributed by atoms with E-state index in [1.807, 2.05) is 18.2 Å². The molecule has 160 valence electrons. The average molecular weight is 478 g/mol. The van der Waals surface area contributed by atoms with Crippen molar-refractivity contribution < 1.29 is 19.0 Å². The molecule has 0 fully saturated rings. The van der Waals surface area contributed by atoms with Gasteiger partial charge in [-0.05, 0) is 54.1 Å². The maximum Gasteiger partial charge on any atom is 0.185 e. The fraction of sp³-hybridized carbons (Fsp3) is 0.125. The summed E-state index contributed by atoms with van der Waals surface area (Å²) in [6.45, 7) is 0.189. The van der Waals surface area contributed by atoms with Gasteiger partial charge < -0.3 is 14.2 Å². The van der Waals surface area contributed by atoms with E-state index in [2.05, 4.69) is 0 Å². The minimum Gasteiger partial charge on any atom is -0.497 e. The van der Waals surface area contributed by atoms with Gasteiger partial charge in [0.15, 0.2) is 5.78 Å². The first-order valence-corrected chi connectivity index (χ1v) is 10.4. The molecule has 0 spiro atoms. The summed E-state index contributed by atoms with van der Waals surface area (Å²) in [5, 5.41) is 1.06. The number of hydrogen-bond acceptors (Lipinski definition) is 4. The molecule has 0 atom stereocenters. The van der Waals surface area contributed by atoms with E-state index < -0.39 is 0 Å². The van der Waals surface area contributed by atoms with Crippen LogP contribution >= 0.6 is 34.8 Å². The third-order valence-electron chi connectivity index (χ3n) is 4.46. The molecule has 0 aliphatic heterocycles. The maximum atomic E-state index is 12.4. The zero-order valence-electron chi connectivity index (χ0n) is 16.8. The van der Waals surface area contributed by atoms with Crippen LogP contribution in [0.5, 0.6) is 17.2 Å². The van der Waals surface area contributed by atoms with Gasteiger partial charge in [-0.15, -0.1) is 0 Å². The largest absolute Gasteiger partial charge is 0.497 e. The summed E-state index contributed by atoms with van der Waals surface area (Å²) in [5.41, 5.74) is 2.17. The number of allylic oxidation sites excluding steroid dienone is 1. The Morgan fingerprint density at radius 3 is 2.23 bits per heavy atom. The normalized spacial score (nSPS) is 10.9. The number of ketones is 1. The van der Waals surface area contributed by atoms with E-state index in [0.29, 0.717) is 37.9 Å². The molecule has 0 aliphatic carbocycles. The van der Waals surface area contributed by atoms with Gasteiger partial charge in [-0.3, -0.25) is 4.79 Å².